The summed E-state index contributed by atoms with van der Waals surface area (Å²) < 4.78 is 2.36. The van der Waals surface area contributed by atoms with Gasteiger partial charge in [-0.1, -0.05) is 68.3 Å². The Labute approximate surface area is 184 Å². The maximum atomic E-state index is 5.07. The monoisotopic (exact) mass is 582 g/mol. The van der Waals surface area contributed by atoms with Gasteiger partial charge in [-0.05, 0) is 65.6 Å². The molecule has 0 fully saturated rings. The van der Waals surface area contributed by atoms with Crippen LogP contribution in [0.15, 0.2) is 53.1 Å². The first-order chi connectivity index (χ1) is 12.5. The van der Waals surface area contributed by atoms with Gasteiger partial charge in [-0.3, -0.25) is 0 Å². The third-order valence-electron chi connectivity index (χ3n) is 4.70. The summed E-state index contributed by atoms with van der Waals surface area (Å²) in [5, 5.41) is 0. The van der Waals surface area contributed by atoms with Crippen LogP contribution >= 0.6 is 54.5 Å². The van der Waals surface area contributed by atoms with E-state index in [0.717, 1.165) is 39.7 Å². The van der Waals surface area contributed by atoms with Gasteiger partial charge in [-0.15, -0.1) is 0 Å². The van der Waals surface area contributed by atoms with E-state index in [4.69, 9.17) is 9.97 Å². The largest absolute Gasteiger partial charge is 0.248 e. The predicted octanol–water partition coefficient (Wildman–Crippen LogP) is 6.97. The Kier molecular flexibility index (Phi) is 5.48. The van der Waals surface area contributed by atoms with Gasteiger partial charge in [-0.2, -0.15) is 0 Å². The second kappa shape index (κ2) is 7.68. The summed E-state index contributed by atoms with van der Waals surface area (Å²) >= 11 is 9.58. The SMILES string of the molecule is Cc1cc2nc(C3=CCC(Br)C=C3)c(C3C=CC(Br)=CC3)nc2cc1I. The summed E-state index contributed by atoms with van der Waals surface area (Å²) in [6, 6.07) is 4.29. The quantitative estimate of drug-likeness (QED) is 0.282. The number of alkyl halides is 1. The van der Waals surface area contributed by atoms with E-state index in [2.05, 4.69) is 110 Å². The van der Waals surface area contributed by atoms with Crippen LogP contribution in [0.5, 0.6) is 0 Å². The molecule has 26 heavy (non-hydrogen) atoms. The van der Waals surface area contributed by atoms with E-state index in [1.165, 1.54) is 14.7 Å². The molecule has 0 radical (unpaired) electrons. The smallest absolute Gasteiger partial charge is 0.0928 e. The normalized spacial score (nSPS) is 22.5. The molecule has 1 aromatic carbocycles. The van der Waals surface area contributed by atoms with Crippen molar-refractivity contribution in [3.05, 3.63) is 73.6 Å². The van der Waals surface area contributed by atoms with Crippen molar-refractivity contribution in [2.75, 3.05) is 0 Å². The minimum atomic E-state index is 0.248. The van der Waals surface area contributed by atoms with Crippen molar-refractivity contribution in [3.8, 4) is 0 Å². The Bertz CT molecular complexity index is 1000. The second-order valence-corrected chi connectivity index (χ2v) is 9.86. The molecule has 5 heteroatoms. The van der Waals surface area contributed by atoms with E-state index in [1.54, 1.807) is 0 Å². The molecule has 132 valence electrons. The Morgan fingerprint density at radius 3 is 2.54 bits per heavy atom. The zero-order chi connectivity index (χ0) is 18.3. The van der Waals surface area contributed by atoms with Gasteiger partial charge in [0.1, 0.15) is 0 Å². The topological polar surface area (TPSA) is 25.8 Å². The van der Waals surface area contributed by atoms with Crippen molar-refractivity contribution in [3.63, 3.8) is 0 Å². The molecular formula is C21H17Br2IN2. The number of aromatic nitrogens is 2. The lowest BCUT2D eigenvalue weighted by Crippen LogP contribution is -2.09. The molecule has 4 rings (SSSR count). The van der Waals surface area contributed by atoms with Gasteiger partial charge in [0, 0.05) is 18.8 Å². The third-order valence-corrected chi connectivity index (χ3v) is 7.13. The molecule has 0 saturated heterocycles. The predicted molar refractivity (Wildman–Crippen MR) is 125 cm³/mol. The lowest BCUT2D eigenvalue weighted by Gasteiger charge is -2.20. The number of fused-ring (bicyclic) bond motifs is 1. The van der Waals surface area contributed by atoms with Crippen molar-refractivity contribution >= 4 is 71.1 Å². The lowest BCUT2D eigenvalue weighted by molar-refractivity contribution is 0.808. The van der Waals surface area contributed by atoms with Crippen LogP contribution in [0, 0.1) is 10.5 Å². The van der Waals surface area contributed by atoms with Gasteiger partial charge >= 0.3 is 0 Å². The molecule has 0 amide bonds. The Morgan fingerprint density at radius 2 is 1.85 bits per heavy atom. The number of aryl methyl sites for hydroxylation is 1. The van der Waals surface area contributed by atoms with E-state index < -0.39 is 0 Å². The van der Waals surface area contributed by atoms with Crippen LogP contribution in [-0.4, -0.2) is 14.8 Å². The minimum Gasteiger partial charge on any atom is -0.248 e. The van der Waals surface area contributed by atoms with Gasteiger partial charge in [0.25, 0.3) is 0 Å². The fraction of sp³-hybridized carbons (Fsp3) is 0.238. The van der Waals surface area contributed by atoms with E-state index in [1.807, 2.05) is 0 Å². The highest BCUT2D eigenvalue weighted by Crippen LogP contribution is 2.35. The first-order valence-electron chi connectivity index (χ1n) is 8.56. The van der Waals surface area contributed by atoms with Crippen molar-refractivity contribution in [2.24, 2.45) is 0 Å². The van der Waals surface area contributed by atoms with E-state index in [0.29, 0.717) is 4.83 Å². The van der Waals surface area contributed by atoms with Crippen LogP contribution < -0.4 is 0 Å². The molecule has 2 atom stereocenters. The summed E-state index contributed by atoms with van der Waals surface area (Å²) in [4.78, 5) is 10.5. The van der Waals surface area contributed by atoms with Crippen molar-refractivity contribution in [1.29, 1.82) is 0 Å². The average Bonchev–Trinajstić information content (AvgIpc) is 2.63. The third kappa shape index (κ3) is 3.76. The van der Waals surface area contributed by atoms with Gasteiger partial charge in [0.15, 0.2) is 0 Å². The molecule has 2 unspecified atom stereocenters. The number of hydrogen-bond acceptors (Lipinski definition) is 2. The van der Waals surface area contributed by atoms with Crippen LogP contribution in [-0.2, 0) is 0 Å². The zero-order valence-corrected chi connectivity index (χ0v) is 19.5. The molecule has 0 aliphatic heterocycles. The maximum Gasteiger partial charge on any atom is 0.0928 e. The molecule has 1 aromatic heterocycles. The van der Waals surface area contributed by atoms with E-state index in [-0.39, 0.29) is 5.92 Å². The average molecular weight is 584 g/mol. The van der Waals surface area contributed by atoms with Gasteiger partial charge in [0.05, 0.1) is 22.4 Å². The van der Waals surface area contributed by atoms with E-state index >= 15 is 0 Å². The number of hydrogen-bond donors (Lipinski definition) is 0. The van der Waals surface area contributed by atoms with Gasteiger partial charge in [-0.25, -0.2) is 9.97 Å². The highest BCUT2D eigenvalue weighted by molar-refractivity contribution is 14.1. The van der Waals surface area contributed by atoms with Crippen LogP contribution in [0.4, 0.5) is 0 Å². The lowest BCUT2D eigenvalue weighted by atomic mass is 9.91. The molecule has 2 aliphatic rings. The summed E-state index contributed by atoms with van der Waals surface area (Å²) in [7, 11) is 0. The Morgan fingerprint density at radius 1 is 1.04 bits per heavy atom. The van der Waals surface area contributed by atoms with Crippen LogP contribution in [0.2, 0.25) is 0 Å². The maximum absolute atomic E-state index is 5.07. The van der Waals surface area contributed by atoms with E-state index in [9.17, 15) is 0 Å². The highest BCUT2D eigenvalue weighted by atomic mass is 127. The van der Waals surface area contributed by atoms with Crippen molar-refractivity contribution < 1.29 is 0 Å². The molecular weight excluding hydrogens is 567 g/mol. The molecule has 0 saturated carbocycles. The fourth-order valence-corrected chi connectivity index (χ4v) is 4.36. The number of rotatable bonds is 2. The molecule has 2 aromatic rings. The van der Waals surface area contributed by atoms with Crippen LogP contribution in [0.3, 0.4) is 0 Å². The Hall–Kier alpha value is -0.790. The number of nitrogens with zero attached hydrogens (tertiary/aromatic N) is 2. The Balaban J connectivity index is 1.89. The molecule has 0 spiro atoms. The molecule has 1 heterocycles. The summed E-state index contributed by atoms with van der Waals surface area (Å²) in [6.45, 7) is 2.12. The molecule has 2 nitrogen and oxygen atoms in total. The number of allylic oxidation sites excluding steroid dienone is 8. The molecule has 0 bridgehead atoms. The second-order valence-electron chi connectivity index (χ2n) is 6.61. The van der Waals surface area contributed by atoms with Crippen molar-refractivity contribution in [1.82, 2.24) is 9.97 Å². The number of benzene rings is 1. The molecule has 2 aliphatic carbocycles. The highest BCUT2D eigenvalue weighted by Gasteiger charge is 2.21. The zero-order valence-electron chi connectivity index (χ0n) is 14.2. The molecule has 0 N–H and O–H groups in total. The minimum absolute atomic E-state index is 0.248. The van der Waals surface area contributed by atoms with Crippen LogP contribution in [0.1, 0.15) is 35.7 Å². The number of halogens is 3. The fourth-order valence-electron chi connectivity index (χ4n) is 3.23. The standard InChI is InChI=1S/C21H17Br2IN2/c1-12-10-18-19(11-17(12)24)26-21(14-4-8-16(23)9-5-14)20(25-18)13-2-6-15(22)7-3-13/h2-4,6,8-11,14-15H,5,7H2,1H3. The summed E-state index contributed by atoms with van der Waals surface area (Å²) in [5.41, 5.74) is 6.42. The van der Waals surface area contributed by atoms with Crippen molar-refractivity contribution in [2.45, 2.75) is 30.5 Å². The first-order valence-corrected chi connectivity index (χ1v) is 11.3. The van der Waals surface area contributed by atoms with Crippen LogP contribution in [0.25, 0.3) is 16.6 Å². The van der Waals surface area contributed by atoms with Gasteiger partial charge < -0.3 is 0 Å². The first kappa shape index (κ1) is 18.6. The summed E-state index contributed by atoms with van der Waals surface area (Å²) in [5.74, 6) is 0.248. The summed E-state index contributed by atoms with van der Waals surface area (Å²) in [6.07, 6.45) is 15.1. The van der Waals surface area contributed by atoms with Gasteiger partial charge in [0.2, 0.25) is 0 Å².